The van der Waals surface area contributed by atoms with Crippen LogP contribution in [0.15, 0.2) is 24.3 Å². The lowest BCUT2D eigenvalue weighted by Crippen LogP contribution is -2.35. The Bertz CT molecular complexity index is 476. The number of hydrogen-bond acceptors (Lipinski definition) is 3. The molecule has 1 aliphatic heterocycles. The van der Waals surface area contributed by atoms with Crippen molar-refractivity contribution in [3.8, 4) is 0 Å². The van der Waals surface area contributed by atoms with E-state index in [1.54, 1.807) is 0 Å². The van der Waals surface area contributed by atoms with E-state index >= 15 is 0 Å². The molecule has 102 valence electrons. The number of hydrogen-bond donors (Lipinski definition) is 1. The highest BCUT2D eigenvalue weighted by Crippen LogP contribution is 2.48. The van der Waals surface area contributed by atoms with E-state index in [2.05, 4.69) is 17.0 Å². The van der Waals surface area contributed by atoms with E-state index < -0.39 is 11.4 Å². The summed E-state index contributed by atoms with van der Waals surface area (Å²) in [6, 6.07) is 8.07. The topological polar surface area (TPSA) is 49.8 Å². The highest BCUT2D eigenvalue weighted by molar-refractivity contribution is 5.84. The Morgan fingerprint density at radius 1 is 1.32 bits per heavy atom. The third-order valence-corrected chi connectivity index (χ3v) is 4.15. The molecule has 2 fully saturated rings. The molecule has 1 N–H and O–H groups in total. The number of ether oxygens (including phenoxy) is 1. The first-order valence-electron chi connectivity index (χ1n) is 6.84. The van der Waals surface area contributed by atoms with Crippen LogP contribution >= 0.6 is 0 Å². The molecule has 4 nitrogen and oxygen atoms in total. The molecule has 0 unspecified atom stereocenters. The van der Waals surface area contributed by atoms with Gasteiger partial charge in [0.2, 0.25) is 0 Å². The third-order valence-electron chi connectivity index (χ3n) is 4.15. The van der Waals surface area contributed by atoms with Crippen LogP contribution in [-0.2, 0) is 21.5 Å². The molecule has 0 bridgehead atoms. The average molecular weight is 261 g/mol. The SMILES string of the molecule is O=C(O)C1(c2cccc(CN3CCOCC3)c2)CC1. The molecule has 4 heteroatoms. The average Bonchev–Trinajstić information content (AvgIpc) is 3.22. The molecule has 1 aliphatic carbocycles. The van der Waals surface area contributed by atoms with Gasteiger partial charge in [0.25, 0.3) is 0 Å². The number of carboxylic acids is 1. The Morgan fingerprint density at radius 3 is 2.68 bits per heavy atom. The van der Waals surface area contributed by atoms with Crippen LogP contribution in [0.25, 0.3) is 0 Å². The summed E-state index contributed by atoms with van der Waals surface area (Å²) < 4.78 is 5.34. The largest absolute Gasteiger partial charge is 0.481 e. The molecule has 2 aliphatic rings. The van der Waals surface area contributed by atoms with Gasteiger partial charge in [0.05, 0.1) is 18.6 Å². The van der Waals surface area contributed by atoms with Gasteiger partial charge in [-0.2, -0.15) is 0 Å². The molecule has 0 radical (unpaired) electrons. The van der Waals surface area contributed by atoms with E-state index in [1.165, 1.54) is 5.56 Å². The predicted molar refractivity (Wildman–Crippen MR) is 71.1 cm³/mol. The van der Waals surface area contributed by atoms with Crippen LogP contribution in [-0.4, -0.2) is 42.3 Å². The molecule has 1 saturated carbocycles. The molecule has 1 aromatic rings. The monoisotopic (exact) mass is 261 g/mol. The highest BCUT2D eigenvalue weighted by atomic mass is 16.5. The number of rotatable bonds is 4. The summed E-state index contributed by atoms with van der Waals surface area (Å²) in [5, 5.41) is 9.34. The fourth-order valence-corrected chi connectivity index (χ4v) is 2.74. The van der Waals surface area contributed by atoms with Crippen LogP contribution < -0.4 is 0 Å². The van der Waals surface area contributed by atoms with Crippen LogP contribution in [0.1, 0.15) is 24.0 Å². The van der Waals surface area contributed by atoms with Crippen molar-refractivity contribution in [2.24, 2.45) is 0 Å². The van der Waals surface area contributed by atoms with Gasteiger partial charge in [0.15, 0.2) is 0 Å². The second kappa shape index (κ2) is 4.94. The fraction of sp³-hybridized carbons (Fsp3) is 0.533. The van der Waals surface area contributed by atoms with Gasteiger partial charge >= 0.3 is 5.97 Å². The lowest BCUT2D eigenvalue weighted by molar-refractivity contribution is -0.140. The number of carbonyl (C=O) groups is 1. The first kappa shape index (κ1) is 12.6. The van der Waals surface area contributed by atoms with Crippen molar-refractivity contribution in [3.05, 3.63) is 35.4 Å². The van der Waals surface area contributed by atoms with Crippen LogP contribution in [0.5, 0.6) is 0 Å². The quantitative estimate of drug-likeness (QED) is 0.895. The summed E-state index contributed by atoms with van der Waals surface area (Å²) in [4.78, 5) is 13.7. The van der Waals surface area contributed by atoms with Crippen molar-refractivity contribution in [2.45, 2.75) is 24.8 Å². The zero-order chi connectivity index (χ0) is 13.3. The summed E-state index contributed by atoms with van der Waals surface area (Å²) >= 11 is 0. The molecular weight excluding hydrogens is 242 g/mol. The fourth-order valence-electron chi connectivity index (χ4n) is 2.74. The minimum absolute atomic E-state index is 0.596. The van der Waals surface area contributed by atoms with Crippen molar-refractivity contribution in [2.75, 3.05) is 26.3 Å². The summed E-state index contributed by atoms with van der Waals surface area (Å²) in [5.41, 5.74) is 1.57. The summed E-state index contributed by atoms with van der Waals surface area (Å²) in [6.45, 7) is 4.37. The molecule has 3 rings (SSSR count). The zero-order valence-corrected chi connectivity index (χ0v) is 11.0. The maximum Gasteiger partial charge on any atom is 0.314 e. The molecule has 1 heterocycles. The second-order valence-corrected chi connectivity index (χ2v) is 5.48. The zero-order valence-electron chi connectivity index (χ0n) is 11.0. The molecule has 1 saturated heterocycles. The molecule has 0 atom stereocenters. The molecule has 1 aromatic carbocycles. The van der Waals surface area contributed by atoms with Crippen molar-refractivity contribution in [1.29, 1.82) is 0 Å². The molecular formula is C15H19NO3. The van der Waals surface area contributed by atoms with Gasteiger partial charge in [-0.15, -0.1) is 0 Å². The number of benzene rings is 1. The minimum atomic E-state index is -0.684. The summed E-state index contributed by atoms with van der Waals surface area (Å²) in [5.74, 6) is -0.684. The lowest BCUT2D eigenvalue weighted by atomic mass is 9.94. The second-order valence-electron chi connectivity index (χ2n) is 5.48. The van der Waals surface area contributed by atoms with Crippen LogP contribution in [0.4, 0.5) is 0 Å². The van der Waals surface area contributed by atoms with Crippen molar-refractivity contribution >= 4 is 5.97 Å². The van der Waals surface area contributed by atoms with E-state index in [1.807, 2.05) is 12.1 Å². The Balaban J connectivity index is 1.75. The van der Waals surface area contributed by atoms with Gasteiger partial charge in [-0.25, -0.2) is 0 Å². The van der Waals surface area contributed by atoms with Gasteiger partial charge in [0, 0.05) is 19.6 Å². The standard InChI is InChI=1S/C15H19NO3/c17-14(18)15(4-5-15)13-3-1-2-12(10-13)11-16-6-8-19-9-7-16/h1-3,10H,4-9,11H2,(H,17,18). The number of carboxylic acid groups (broad SMARTS) is 1. The van der Waals surface area contributed by atoms with Crippen molar-refractivity contribution < 1.29 is 14.6 Å². The number of nitrogens with zero attached hydrogens (tertiary/aromatic N) is 1. The molecule has 0 aromatic heterocycles. The smallest absolute Gasteiger partial charge is 0.314 e. The lowest BCUT2D eigenvalue weighted by Gasteiger charge is -2.26. The minimum Gasteiger partial charge on any atom is -0.481 e. The van der Waals surface area contributed by atoms with E-state index in [0.717, 1.165) is 51.3 Å². The van der Waals surface area contributed by atoms with Crippen molar-refractivity contribution in [3.63, 3.8) is 0 Å². The third kappa shape index (κ3) is 2.51. The maximum absolute atomic E-state index is 11.4. The van der Waals surface area contributed by atoms with Gasteiger partial charge in [-0.3, -0.25) is 9.69 Å². The van der Waals surface area contributed by atoms with E-state index in [9.17, 15) is 9.90 Å². The highest BCUT2D eigenvalue weighted by Gasteiger charge is 2.51. The van der Waals surface area contributed by atoms with Crippen molar-refractivity contribution in [1.82, 2.24) is 4.90 Å². The summed E-state index contributed by atoms with van der Waals surface area (Å²) in [7, 11) is 0. The van der Waals surface area contributed by atoms with Gasteiger partial charge in [-0.05, 0) is 24.0 Å². The van der Waals surface area contributed by atoms with Crippen LogP contribution in [0.2, 0.25) is 0 Å². The molecule has 0 amide bonds. The Morgan fingerprint density at radius 2 is 2.05 bits per heavy atom. The molecule has 0 spiro atoms. The van der Waals surface area contributed by atoms with Gasteiger partial charge in [-0.1, -0.05) is 24.3 Å². The van der Waals surface area contributed by atoms with Gasteiger partial charge < -0.3 is 9.84 Å². The van der Waals surface area contributed by atoms with E-state index in [0.29, 0.717) is 0 Å². The number of morpholine rings is 1. The first-order chi connectivity index (χ1) is 9.21. The first-order valence-corrected chi connectivity index (χ1v) is 6.84. The Labute approximate surface area is 113 Å². The predicted octanol–water partition coefficient (Wildman–Crippen LogP) is 1.63. The van der Waals surface area contributed by atoms with Crippen LogP contribution in [0.3, 0.4) is 0 Å². The van der Waals surface area contributed by atoms with Gasteiger partial charge in [0.1, 0.15) is 0 Å². The Hall–Kier alpha value is -1.39. The number of aliphatic carboxylic acids is 1. The maximum atomic E-state index is 11.4. The van der Waals surface area contributed by atoms with E-state index in [4.69, 9.17) is 4.74 Å². The van der Waals surface area contributed by atoms with E-state index in [-0.39, 0.29) is 0 Å². The van der Waals surface area contributed by atoms with Crippen LogP contribution in [0, 0.1) is 0 Å². The molecule has 19 heavy (non-hydrogen) atoms. The summed E-state index contributed by atoms with van der Waals surface area (Å²) in [6.07, 6.45) is 1.53. The normalized spacial score (nSPS) is 22.1. The Kier molecular flexibility index (Phi) is 3.29.